The zero-order valence-electron chi connectivity index (χ0n) is 14.9. The number of ether oxygens (including phenoxy) is 1. The molecule has 8 nitrogen and oxygen atoms in total. The monoisotopic (exact) mass is 374 g/mol. The van der Waals surface area contributed by atoms with E-state index >= 15 is 0 Å². The molecular weight excluding hydrogens is 352 g/mol. The molecule has 138 valence electrons. The van der Waals surface area contributed by atoms with Gasteiger partial charge in [-0.1, -0.05) is 0 Å². The molecule has 0 fully saturated rings. The molecule has 0 saturated heterocycles. The Labute approximate surface area is 157 Å². The Morgan fingerprint density at radius 2 is 2.04 bits per heavy atom. The Kier molecular flexibility index (Phi) is 6.67. The molecule has 1 aromatic heterocycles. The minimum Gasteiger partial charge on any atom is -0.449 e. The van der Waals surface area contributed by atoms with Crippen molar-refractivity contribution >= 4 is 40.6 Å². The van der Waals surface area contributed by atoms with Gasteiger partial charge in [0.25, 0.3) is 0 Å². The molecule has 0 radical (unpaired) electrons. The summed E-state index contributed by atoms with van der Waals surface area (Å²) in [6.07, 6.45) is 1.21. The fraction of sp³-hybridized carbons (Fsp3) is 0.294. The second kappa shape index (κ2) is 8.95. The van der Waals surface area contributed by atoms with Gasteiger partial charge in [0, 0.05) is 18.4 Å². The van der Waals surface area contributed by atoms with Crippen LogP contribution in [-0.4, -0.2) is 34.8 Å². The first-order valence-corrected chi connectivity index (χ1v) is 8.45. The van der Waals surface area contributed by atoms with Crippen LogP contribution in [0, 0.1) is 6.92 Å². The third-order valence-corrected chi connectivity index (χ3v) is 3.71. The van der Waals surface area contributed by atoms with Gasteiger partial charge in [0.2, 0.25) is 0 Å². The van der Waals surface area contributed by atoms with E-state index in [-0.39, 0.29) is 0 Å². The molecular formula is C17H22N6O2S. The summed E-state index contributed by atoms with van der Waals surface area (Å²) < 4.78 is 4.96. The molecule has 0 spiro atoms. The van der Waals surface area contributed by atoms with Gasteiger partial charge in [0.05, 0.1) is 25.0 Å². The Balaban J connectivity index is 1.91. The SMILES string of the molecule is CCOC(=O)N(C)c1ccc(NC(=S)NCc2nc(C)cnc2N)cc1. The number of rotatable bonds is 5. The number of nitrogens with two attached hydrogens (primary N) is 1. The van der Waals surface area contributed by atoms with Crippen LogP contribution in [0.15, 0.2) is 30.5 Å². The van der Waals surface area contributed by atoms with E-state index < -0.39 is 6.09 Å². The number of aryl methyl sites for hydroxylation is 1. The average Bonchev–Trinajstić information content (AvgIpc) is 2.62. The molecule has 0 unspecified atom stereocenters. The highest BCUT2D eigenvalue weighted by molar-refractivity contribution is 7.80. The van der Waals surface area contributed by atoms with Crippen molar-refractivity contribution in [3.05, 3.63) is 41.9 Å². The summed E-state index contributed by atoms with van der Waals surface area (Å²) in [7, 11) is 1.65. The minimum atomic E-state index is -0.401. The molecule has 0 aliphatic heterocycles. The van der Waals surface area contributed by atoms with Crippen molar-refractivity contribution in [2.24, 2.45) is 0 Å². The summed E-state index contributed by atoms with van der Waals surface area (Å²) in [5.41, 5.74) is 8.73. The van der Waals surface area contributed by atoms with E-state index in [2.05, 4.69) is 20.6 Å². The van der Waals surface area contributed by atoms with E-state index in [1.54, 1.807) is 32.3 Å². The average molecular weight is 374 g/mol. The summed E-state index contributed by atoms with van der Waals surface area (Å²) in [5, 5.41) is 6.53. The molecule has 0 atom stereocenters. The second-order valence-corrected chi connectivity index (χ2v) is 5.86. The van der Waals surface area contributed by atoms with Gasteiger partial charge in [-0.05, 0) is 50.3 Å². The zero-order chi connectivity index (χ0) is 19.1. The number of anilines is 3. The number of thiocarbonyl (C=S) groups is 1. The molecule has 0 aliphatic carbocycles. The maximum Gasteiger partial charge on any atom is 0.413 e. The Hall–Kier alpha value is -2.94. The van der Waals surface area contributed by atoms with Crippen LogP contribution in [0.5, 0.6) is 0 Å². The number of nitrogen functional groups attached to an aromatic ring is 1. The zero-order valence-corrected chi connectivity index (χ0v) is 15.8. The van der Waals surface area contributed by atoms with Crippen LogP contribution >= 0.6 is 12.2 Å². The second-order valence-electron chi connectivity index (χ2n) is 5.46. The number of carbonyl (C=O) groups is 1. The predicted octanol–water partition coefficient (Wildman–Crippen LogP) is 2.45. The summed E-state index contributed by atoms with van der Waals surface area (Å²) in [5.74, 6) is 0.372. The highest BCUT2D eigenvalue weighted by atomic mass is 32.1. The summed E-state index contributed by atoms with van der Waals surface area (Å²) in [4.78, 5) is 21.5. The van der Waals surface area contributed by atoms with Crippen molar-refractivity contribution in [2.75, 3.05) is 29.6 Å². The lowest BCUT2D eigenvalue weighted by Gasteiger charge is -2.17. The van der Waals surface area contributed by atoms with E-state index in [0.29, 0.717) is 29.8 Å². The van der Waals surface area contributed by atoms with Gasteiger partial charge in [0.1, 0.15) is 11.5 Å². The first kappa shape index (κ1) is 19.4. The lowest BCUT2D eigenvalue weighted by Crippen LogP contribution is -2.29. The Morgan fingerprint density at radius 3 is 2.69 bits per heavy atom. The number of benzene rings is 1. The molecule has 4 N–H and O–H groups in total. The Morgan fingerprint density at radius 1 is 1.35 bits per heavy atom. The van der Waals surface area contributed by atoms with Crippen LogP contribution in [-0.2, 0) is 11.3 Å². The maximum atomic E-state index is 11.7. The van der Waals surface area contributed by atoms with Crippen LogP contribution in [0.1, 0.15) is 18.3 Å². The van der Waals surface area contributed by atoms with Crippen LogP contribution in [0.2, 0.25) is 0 Å². The number of nitrogens with one attached hydrogen (secondary N) is 2. The van der Waals surface area contributed by atoms with Crippen molar-refractivity contribution in [3.8, 4) is 0 Å². The molecule has 0 bridgehead atoms. The van der Waals surface area contributed by atoms with Gasteiger partial charge in [-0.3, -0.25) is 9.88 Å². The standard InChI is InChI=1S/C17H22N6O2S/c1-4-25-17(24)23(3)13-7-5-12(6-8-13)22-16(26)20-10-14-15(18)19-9-11(2)21-14/h5-9H,4,10H2,1-3H3,(H2,18,19)(H2,20,22,26). The number of nitrogens with zero attached hydrogens (tertiary/aromatic N) is 3. The fourth-order valence-electron chi connectivity index (χ4n) is 2.10. The van der Waals surface area contributed by atoms with Gasteiger partial charge in [-0.25, -0.2) is 9.78 Å². The molecule has 1 aromatic carbocycles. The van der Waals surface area contributed by atoms with E-state index in [1.807, 2.05) is 19.1 Å². The van der Waals surface area contributed by atoms with Gasteiger partial charge in [-0.15, -0.1) is 0 Å². The van der Waals surface area contributed by atoms with Gasteiger partial charge < -0.3 is 21.1 Å². The number of amides is 1. The van der Waals surface area contributed by atoms with Crippen molar-refractivity contribution in [2.45, 2.75) is 20.4 Å². The fourth-order valence-corrected chi connectivity index (χ4v) is 2.29. The van der Waals surface area contributed by atoms with Crippen LogP contribution in [0.25, 0.3) is 0 Å². The molecule has 1 heterocycles. The number of hydrogen-bond acceptors (Lipinski definition) is 6. The summed E-state index contributed by atoms with van der Waals surface area (Å²) in [6, 6.07) is 7.23. The summed E-state index contributed by atoms with van der Waals surface area (Å²) >= 11 is 5.28. The van der Waals surface area contributed by atoms with Crippen LogP contribution in [0.3, 0.4) is 0 Å². The first-order chi connectivity index (χ1) is 12.4. The topological polar surface area (TPSA) is 105 Å². The molecule has 0 saturated carbocycles. The lowest BCUT2D eigenvalue weighted by molar-refractivity contribution is 0.161. The van der Waals surface area contributed by atoms with Gasteiger partial charge in [-0.2, -0.15) is 0 Å². The van der Waals surface area contributed by atoms with Crippen LogP contribution in [0.4, 0.5) is 22.0 Å². The van der Waals surface area contributed by atoms with Crippen molar-refractivity contribution in [3.63, 3.8) is 0 Å². The highest BCUT2D eigenvalue weighted by Crippen LogP contribution is 2.17. The number of carbonyl (C=O) groups excluding carboxylic acids is 1. The number of aromatic nitrogens is 2. The van der Waals surface area contributed by atoms with Crippen molar-refractivity contribution in [1.82, 2.24) is 15.3 Å². The molecule has 1 amide bonds. The molecule has 2 aromatic rings. The predicted molar refractivity (Wildman–Crippen MR) is 106 cm³/mol. The minimum absolute atomic E-state index is 0.332. The Bertz CT molecular complexity index is 781. The third-order valence-electron chi connectivity index (χ3n) is 3.47. The van der Waals surface area contributed by atoms with Gasteiger partial charge in [0.15, 0.2) is 5.11 Å². The van der Waals surface area contributed by atoms with Crippen molar-refractivity contribution in [1.29, 1.82) is 0 Å². The third kappa shape index (κ3) is 5.28. The molecule has 9 heteroatoms. The maximum absolute atomic E-state index is 11.7. The molecule has 2 rings (SSSR count). The van der Waals surface area contributed by atoms with E-state index in [0.717, 1.165) is 17.1 Å². The van der Waals surface area contributed by atoms with Crippen molar-refractivity contribution < 1.29 is 9.53 Å². The van der Waals surface area contributed by atoms with E-state index in [4.69, 9.17) is 22.7 Å². The van der Waals surface area contributed by atoms with Gasteiger partial charge >= 0.3 is 6.09 Å². The quantitative estimate of drug-likeness (QED) is 0.686. The van der Waals surface area contributed by atoms with Crippen LogP contribution < -0.4 is 21.3 Å². The lowest BCUT2D eigenvalue weighted by atomic mass is 10.2. The first-order valence-electron chi connectivity index (χ1n) is 8.04. The summed E-state index contributed by atoms with van der Waals surface area (Å²) in [6.45, 7) is 4.32. The highest BCUT2D eigenvalue weighted by Gasteiger charge is 2.11. The largest absolute Gasteiger partial charge is 0.449 e. The van der Waals surface area contributed by atoms with E-state index in [9.17, 15) is 4.79 Å². The molecule has 26 heavy (non-hydrogen) atoms. The normalized spacial score (nSPS) is 10.1. The van der Waals surface area contributed by atoms with E-state index in [1.165, 1.54) is 4.90 Å². The molecule has 0 aliphatic rings. The smallest absolute Gasteiger partial charge is 0.413 e. The number of hydrogen-bond donors (Lipinski definition) is 3.